The number of hydrogen-bond donors (Lipinski definition) is 1. The Labute approximate surface area is 125 Å². The Balaban J connectivity index is 2.04. The van der Waals surface area contributed by atoms with Gasteiger partial charge in [-0.3, -0.25) is 0 Å². The Morgan fingerprint density at radius 2 is 1.65 bits per heavy atom. The van der Waals surface area contributed by atoms with E-state index in [4.69, 9.17) is 0 Å². The van der Waals surface area contributed by atoms with Crippen molar-refractivity contribution in [2.45, 2.75) is 59.4 Å². The SMILES string of the molecule is CCNC(Cc1ccc(C)cc1)C1CC(C)CC(C)C1. The van der Waals surface area contributed by atoms with Gasteiger partial charge in [-0.25, -0.2) is 0 Å². The van der Waals surface area contributed by atoms with E-state index < -0.39 is 0 Å². The van der Waals surface area contributed by atoms with E-state index in [9.17, 15) is 0 Å². The van der Waals surface area contributed by atoms with Crippen molar-refractivity contribution >= 4 is 0 Å². The number of hydrogen-bond acceptors (Lipinski definition) is 1. The van der Waals surface area contributed by atoms with E-state index in [0.717, 1.165) is 24.3 Å². The summed E-state index contributed by atoms with van der Waals surface area (Å²) >= 11 is 0. The molecule has 0 heterocycles. The minimum absolute atomic E-state index is 0.646. The second-order valence-corrected chi connectivity index (χ2v) is 7.03. The Bertz CT molecular complexity index is 385. The lowest BCUT2D eigenvalue weighted by Gasteiger charge is -2.37. The lowest BCUT2D eigenvalue weighted by molar-refractivity contribution is 0.176. The van der Waals surface area contributed by atoms with Crippen molar-refractivity contribution in [3.63, 3.8) is 0 Å². The lowest BCUT2D eigenvalue weighted by Crippen LogP contribution is -2.41. The highest BCUT2D eigenvalue weighted by molar-refractivity contribution is 5.22. The fourth-order valence-corrected chi connectivity index (χ4v) is 3.98. The molecule has 0 radical (unpaired) electrons. The summed E-state index contributed by atoms with van der Waals surface area (Å²) < 4.78 is 0. The molecule has 1 aromatic rings. The maximum atomic E-state index is 3.76. The molecule has 1 saturated carbocycles. The molecule has 0 saturated heterocycles. The van der Waals surface area contributed by atoms with Crippen molar-refractivity contribution in [1.29, 1.82) is 0 Å². The van der Waals surface area contributed by atoms with Gasteiger partial charge in [0.25, 0.3) is 0 Å². The van der Waals surface area contributed by atoms with Crippen molar-refractivity contribution in [3.8, 4) is 0 Å². The first-order valence-corrected chi connectivity index (χ1v) is 8.37. The highest BCUT2D eigenvalue weighted by atomic mass is 14.9. The van der Waals surface area contributed by atoms with Gasteiger partial charge >= 0.3 is 0 Å². The molecule has 1 aliphatic carbocycles. The van der Waals surface area contributed by atoms with Crippen molar-refractivity contribution in [2.75, 3.05) is 6.54 Å². The summed E-state index contributed by atoms with van der Waals surface area (Å²) in [4.78, 5) is 0. The van der Waals surface area contributed by atoms with Crippen LogP contribution in [-0.2, 0) is 6.42 Å². The summed E-state index contributed by atoms with van der Waals surface area (Å²) in [5, 5.41) is 3.76. The van der Waals surface area contributed by atoms with Gasteiger partial charge in [0, 0.05) is 6.04 Å². The topological polar surface area (TPSA) is 12.0 Å². The summed E-state index contributed by atoms with van der Waals surface area (Å²) in [5.74, 6) is 2.63. The molecule has 0 spiro atoms. The molecule has 1 aromatic carbocycles. The highest BCUT2D eigenvalue weighted by Gasteiger charge is 2.29. The zero-order valence-electron chi connectivity index (χ0n) is 13.7. The largest absolute Gasteiger partial charge is 0.314 e. The molecule has 1 aliphatic rings. The molecule has 1 fully saturated rings. The Kier molecular flexibility index (Phi) is 5.65. The van der Waals surface area contributed by atoms with E-state index in [0.29, 0.717) is 6.04 Å². The summed E-state index contributed by atoms with van der Waals surface area (Å²) in [6.07, 6.45) is 5.39. The molecule has 1 heteroatoms. The molecular formula is C19H31N. The molecule has 0 aliphatic heterocycles. The summed E-state index contributed by atoms with van der Waals surface area (Å²) in [5.41, 5.74) is 2.83. The Hall–Kier alpha value is -0.820. The van der Waals surface area contributed by atoms with Gasteiger partial charge in [0.05, 0.1) is 0 Å². The van der Waals surface area contributed by atoms with Crippen LogP contribution in [0.2, 0.25) is 0 Å². The minimum Gasteiger partial charge on any atom is -0.314 e. The predicted octanol–water partition coefficient (Wildman–Crippen LogP) is 4.59. The second-order valence-electron chi connectivity index (χ2n) is 7.03. The van der Waals surface area contributed by atoms with Gasteiger partial charge < -0.3 is 5.32 Å². The first-order valence-electron chi connectivity index (χ1n) is 8.37. The van der Waals surface area contributed by atoms with Gasteiger partial charge in [-0.15, -0.1) is 0 Å². The third-order valence-electron chi connectivity index (χ3n) is 4.83. The van der Waals surface area contributed by atoms with Gasteiger partial charge in [0.2, 0.25) is 0 Å². The molecule has 0 aromatic heterocycles. The van der Waals surface area contributed by atoms with Crippen LogP contribution >= 0.6 is 0 Å². The van der Waals surface area contributed by atoms with E-state index in [1.807, 2.05) is 0 Å². The molecule has 20 heavy (non-hydrogen) atoms. The minimum atomic E-state index is 0.646. The number of nitrogens with one attached hydrogen (secondary N) is 1. The quantitative estimate of drug-likeness (QED) is 0.827. The van der Waals surface area contributed by atoms with Crippen LogP contribution in [0.25, 0.3) is 0 Å². The fraction of sp³-hybridized carbons (Fsp3) is 0.684. The third-order valence-corrected chi connectivity index (χ3v) is 4.83. The van der Waals surface area contributed by atoms with Gasteiger partial charge in [-0.2, -0.15) is 0 Å². The maximum absolute atomic E-state index is 3.76. The van der Waals surface area contributed by atoms with E-state index in [-0.39, 0.29) is 0 Å². The molecular weight excluding hydrogens is 242 g/mol. The number of benzene rings is 1. The van der Waals surface area contributed by atoms with Crippen LogP contribution in [0.5, 0.6) is 0 Å². The van der Waals surface area contributed by atoms with E-state index in [2.05, 4.69) is 57.3 Å². The molecule has 112 valence electrons. The molecule has 0 bridgehead atoms. The number of aryl methyl sites for hydroxylation is 1. The molecule has 2 rings (SSSR count). The first-order chi connectivity index (χ1) is 9.58. The fourth-order valence-electron chi connectivity index (χ4n) is 3.98. The maximum Gasteiger partial charge on any atom is 0.0136 e. The van der Waals surface area contributed by atoms with Crippen molar-refractivity contribution in [1.82, 2.24) is 5.32 Å². The molecule has 3 atom stereocenters. The van der Waals surface area contributed by atoms with Crippen LogP contribution in [0.15, 0.2) is 24.3 Å². The van der Waals surface area contributed by atoms with Gasteiger partial charge in [0.1, 0.15) is 0 Å². The summed E-state index contributed by atoms with van der Waals surface area (Å²) in [6.45, 7) is 10.3. The van der Waals surface area contributed by atoms with E-state index in [1.165, 1.54) is 36.8 Å². The molecule has 1 N–H and O–H groups in total. The molecule has 1 nitrogen and oxygen atoms in total. The number of likely N-dealkylation sites (N-methyl/N-ethyl adjacent to an activating group) is 1. The van der Waals surface area contributed by atoms with E-state index >= 15 is 0 Å². The van der Waals surface area contributed by atoms with E-state index in [1.54, 1.807) is 0 Å². The van der Waals surface area contributed by atoms with Crippen LogP contribution in [0.1, 0.15) is 51.2 Å². The number of rotatable bonds is 5. The van der Waals surface area contributed by atoms with Crippen molar-refractivity contribution < 1.29 is 0 Å². The van der Waals surface area contributed by atoms with Crippen LogP contribution in [-0.4, -0.2) is 12.6 Å². The van der Waals surface area contributed by atoms with Gasteiger partial charge in [-0.05, 0) is 62.5 Å². The van der Waals surface area contributed by atoms with Crippen LogP contribution in [0.4, 0.5) is 0 Å². The standard InChI is InChI=1S/C19H31N/c1-5-20-19(13-17-8-6-14(2)7-9-17)18-11-15(3)10-16(4)12-18/h6-9,15-16,18-20H,5,10-13H2,1-4H3. The lowest BCUT2D eigenvalue weighted by atomic mass is 9.72. The average Bonchev–Trinajstić information content (AvgIpc) is 2.39. The van der Waals surface area contributed by atoms with Gasteiger partial charge in [-0.1, -0.05) is 50.6 Å². The normalized spacial score (nSPS) is 28.3. The molecule has 3 unspecified atom stereocenters. The summed E-state index contributed by atoms with van der Waals surface area (Å²) in [7, 11) is 0. The van der Waals surface area contributed by atoms with Gasteiger partial charge in [0.15, 0.2) is 0 Å². The van der Waals surface area contributed by atoms with Crippen LogP contribution < -0.4 is 5.32 Å². The zero-order chi connectivity index (χ0) is 14.5. The van der Waals surface area contributed by atoms with Crippen molar-refractivity contribution in [3.05, 3.63) is 35.4 Å². The Morgan fingerprint density at radius 3 is 2.20 bits per heavy atom. The molecule has 0 amide bonds. The second kappa shape index (κ2) is 7.26. The summed E-state index contributed by atoms with van der Waals surface area (Å²) in [6, 6.07) is 9.73. The Morgan fingerprint density at radius 1 is 1.05 bits per heavy atom. The zero-order valence-corrected chi connectivity index (χ0v) is 13.7. The third kappa shape index (κ3) is 4.34. The first kappa shape index (κ1) is 15.6. The monoisotopic (exact) mass is 273 g/mol. The van der Waals surface area contributed by atoms with Crippen LogP contribution in [0, 0.1) is 24.7 Å². The van der Waals surface area contributed by atoms with Crippen LogP contribution in [0.3, 0.4) is 0 Å². The average molecular weight is 273 g/mol. The highest BCUT2D eigenvalue weighted by Crippen LogP contribution is 2.35. The smallest absolute Gasteiger partial charge is 0.0136 e. The van der Waals surface area contributed by atoms with Crippen molar-refractivity contribution in [2.24, 2.45) is 17.8 Å². The predicted molar refractivity (Wildman–Crippen MR) is 88.0 cm³/mol.